The highest BCUT2D eigenvalue weighted by Crippen LogP contribution is 3.03. The average molecular weight is 301 g/mol. The van der Waals surface area contributed by atoms with Crippen molar-refractivity contribution < 1.29 is 0 Å². The van der Waals surface area contributed by atoms with Crippen LogP contribution in [0.4, 0.5) is 0 Å². The fraction of sp³-hybridized carbons (Fsp3) is 1.00. The molecule has 1 rings (SSSR count). The topological polar surface area (TPSA) is 0 Å². The Morgan fingerprint density at radius 2 is 1.73 bits per heavy atom. The summed E-state index contributed by atoms with van der Waals surface area (Å²) in [6, 6.07) is 0. The molecule has 0 nitrogen and oxygen atoms in total. The third kappa shape index (κ3) is 3.81. The molecule has 0 aromatic carbocycles. The van der Waals surface area contributed by atoms with Gasteiger partial charge in [0.2, 0.25) is 0 Å². The number of rotatable bonds is 1. The smallest absolute Gasteiger partial charge is 0.0710 e. The van der Waals surface area contributed by atoms with Gasteiger partial charge in [0.25, 0.3) is 0 Å². The Hall–Kier alpha value is 2.15. The molecule has 5 unspecified atom stereocenters. The van der Waals surface area contributed by atoms with E-state index in [2.05, 4.69) is 47.2 Å². The van der Waals surface area contributed by atoms with Crippen molar-refractivity contribution in [3.63, 3.8) is 0 Å². The lowest BCUT2D eigenvalue weighted by Gasteiger charge is -2.30. The quantitative estimate of drug-likeness (QED) is 0.523. The number of hydrogen-bond donors (Lipinski definition) is 0. The van der Waals surface area contributed by atoms with Crippen LogP contribution in [0.25, 0.3) is 0 Å². The molecule has 5 heteroatoms. The van der Waals surface area contributed by atoms with Gasteiger partial charge in [-0.15, -0.1) is 0 Å². The van der Waals surface area contributed by atoms with Gasteiger partial charge in [0.05, 0.1) is 28.9 Å². The average Bonchev–Trinajstić information content (AvgIpc) is 2.16. The molecule has 0 aromatic heterocycles. The van der Waals surface area contributed by atoms with Crippen molar-refractivity contribution in [3.8, 4) is 0 Å². The molecule has 0 saturated carbocycles. The zero-order valence-electron chi connectivity index (χ0n) is 11.2. The lowest BCUT2D eigenvalue weighted by atomic mass is 10.1. The van der Waals surface area contributed by atoms with Crippen molar-refractivity contribution in [3.05, 3.63) is 0 Å². The van der Waals surface area contributed by atoms with Crippen molar-refractivity contribution in [2.75, 3.05) is 39.5 Å². The maximum atomic E-state index is 2.65. The third-order valence-electron chi connectivity index (χ3n) is 3.39. The van der Waals surface area contributed by atoms with Crippen molar-refractivity contribution in [2.45, 2.75) is 19.5 Å². The van der Waals surface area contributed by atoms with Crippen LogP contribution in [0.15, 0.2) is 0 Å². The van der Waals surface area contributed by atoms with Crippen LogP contribution < -0.4 is 0 Å². The second kappa shape index (κ2) is 5.86. The molecule has 1 saturated heterocycles. The van der Waals surface area contributed by atoms with E-state index >= 15 is 0 Å². The maximum absolute atomic E-state index is 2.65. The highest BCUT2D eigenvalue weighted by atomic mass is 32.8. The molecule has 5 atom stereocenters. The van der Waals surface area contributed by atoms with Crippen LogP contribution in [-0.2, 0) is 0 Å². The van der Waals surface area contributed by atoms with Gasteiger partial charge in [-0.25, -0.2) is 0 Å². The Kier molecular flexibility index (Phi) is 5.94. The summed E-state index contributed by atoms with van der Waals surface area (Å²) in [7, 11) is 2.50. The van der Waals surface area contributed by atoms with Crippen LogP contribution in [0.1, 0.15) is 13.8 Å². The highest BCUT2D eigenvalue weighted by Gasteiger charge is 2.45. The Morgan fingerprint density at radius 3 is 2.20 bits per heavy atom. The van der Waals surface area contributed by atoms with E-state index in [1.807, 2.05) is 0 Å². The van der Waals surface area contributed by atoms with Gasteiger partial charge < -0.3 is 0 Å². The molecule has 0 aromatic rings. The predicted octanol–water partition coefficient (Wildman–Crippen LogP) is 5.98. The van der Waals surface area contributed by atoms with Crippen LogP contribution >= 0.6 is 37.1 Å². The fourth-order valence-electron chi connectivity index (χ4n) is 2.03. The second-order valence-electron chi connectivity index (χ2n) is 5.24. The van der Waals surface area contributed by atoms with E-state index in [4.69, 9.17) is 0 Å². The standard InChI is InChI=1S/C10H26P5/c1-9(2)10-8-12(3)14(5)11-15(6,7)13(10)4/h9-11H,8H2,1-7H3/q+1. The van der Waals surface area contributed by atoms with E-state index in [1.54, 1.807) is 6.16 Å². The van der Waals surface area contributed by atoms with Gasteiger partial charge >= 0.3 is 0 Å². The summed E-state index contributed by atoms with van der Waals surface area (Å²) >= 11 is 0. The van der Waals surface area contributed by atoms with Gasteiger partial charge in [-0.3, -0.25) is 0 Å². The molecule has 1 aliphatic rings. The zero-order valence-corrected chi connectivity index (χ0v) is 15.7. The van der Waals surface area contributed by atoms with E-state index in [-0.39, 0.29) is 0 Å². The minimum atomic E-state index is -0.537. The molecule has 90 valence electrons. The first-order valence-corrected chi connectivity index (χ1v) is 18.0. The Labute approximate surface area is 102 Å². The minimum absolute atomic E-state index is 0.338. The highest BCUT2D eigenvalue weighted by molar-refractivity contribution is 8.85. The normalized spacial score (nSPS) is 43.2. The van der Waals surface area contributed by atoms with Gasteiger partial charge in [0, 0.05) is 12.3 Å². The SMILES string of the molecule is CC(C)C1CP(C)P(C)P[P+](C)(C)P1C. The molecule has 0 radical (unpaired) electrons. The molecule has 0 bridgehead atoms. The van der Waals surface area contributed by atoms with Crippen LogP contribution in [0.3, 0.4) is 0 Å². The van der Waals surface area contributed by atoms with Crippen LogP contribution in [0, 0.1) is 5.92 Å². The molecule has 1 fully saturated rings. The van der Waals surface area contributed by atoms with Gasteiger partial charge in [-0.1, -0.05) is 21.5 Å². The van der Waals surface area contributed by atoms with E-state index < -0.39 is 6.64 Å². The zero-order chi connectivity index (χ0) is 11.8. The van der Waals surface area contributed by atoms with E-state index in [0.717, 1.165) is 11.6 Å². The molecule has 1 aliphatic heterocycles. The Balaban J connectivity index is 2.91. The van der Waals surface area contributed by atoms with Crippen molar-refractivity contribution >= 4 is 37.1 Å². The maximum Gasteiger partial charge on any atom is 0.0710 e. The van der Waals surface area contributed by atoms with E-state index in [1.165, 1.54) is 7.96 Å². The molecule has 1 heterocycles. The van der Waals surface area contributed by atoms with Crippen LogP contribution in [-0.4, -0.2) is 45.1 Å². The lowest BCUT2D eigenvalue weighted by Crippen LogP contribution is -2.16. The predicted molar refractivity (Wildman–Crippen MR) is 89.1 cm³/mol. The monoisotopic (exact) mass is 301 g/mol. The Bertz CT molecular complexity index is 216. The molecule has 0 amide bonds. The summed E-state index contributed by atoms with van der Waals surface area (Å²) in [4.78, 5) is 0. The van der Waals surface area contributed by atoms with Crippen LogP contribution in [0.2, 0.25) is 0 Å². The summed E-state index contributed by atoms with van der Waals surface area (Å²) in [5.74, 6) is 0.927. The molecule has 0 spiro atoms. The molecular formula is C10H26P5+. The number of hydrogen-bond acceptors (Lipinski definition) is 0. The Morgan fingerprint density at radius 1 is 1.20 bits per heavy atom. The molecular weight excluding hydrogens is 275 g/mol. The summed E-state index contributed by atoms with van der Waals surface area (Å²) < 4.78 is 0. The van der Waals surface area contributed by atoms with Gasteiger partial charge in [0.15, 0.2) is 0 Å². The van der Waals surface area contributed by atoms with Crippen molar-refractivity contribution in [1.29, 1.82) is 0 Å². The first-order valence-electron chi connectivity index (χ1n) is 5.55. The second-order valence-corrected chi connectivity index (χ2v) is 31.5. The van der Waals surface area contributed by atoms with Gasteiger partial charge in [0.1, 0.15) is 0 Å². The molecule has 0 N–H and O–H groups in total. The summed E-state index contributed by atoms with van der Waals surface area (Å²) in [6.07, 6.45) is 1.59. The summed E-state index contributed by atoms with van der Waals surface area (Å²) in [6.45, 7) is 17.5. The third-order valence-corrected chi connectivity index (χ3v) is 39.0. The van der Waals surface area contributed by atoms with Crippen molar-refractivity contribution in [2.24, 2.45) is 5.92 Å². The minimum Gasteiger partial charge on any atom is -0.0758 e. The van der Waals surface area contributed by atoms with Gasteiger partial charge in [-0.2, -0.15) is 0 Å². The fourth-order valence-corrected chi connectivity index (χ4v) is 46.4. The molecule has 15 heavy (non-hydrogen) atoms. The first-order chi connectivity index (χ1) is 6.75. The largest absolute Gasteiger partial charge is 0.0758 e. The van der Waals surface area contributed by atoms with E-state index in [0.29, 0.717) is 22.5 Å². The summed E-state index contributed by atoms with van der Waals surface area (Å²) in [5, 5.41) is 0. The molecule has 0 aliphatic carbocycles. The van der Waals surface area contributed by atoms with Crippen molar-refractivity contribution in [1.82, 2.24) is 0 Å². The van der Waals surface area contributed by atoms with Crippen LogP contribution in [0.5, 0.6) is 0 Å². The van der Waals surface area contributed by atoms with Gasteiger partial charge in [-0.05, 0) is 39.4 Å². The summed E-state index contributed by atoms with van der Waals surface area (Å²) in [5.41, 5.74) is 1.08. The van der Waals surface area contributed by atoms with E-state index in [9.17, 15) is 0 Å². The first kappa shape index (κ1) is 15.2. The lowest BCUT2D eigenvalue weighted by molar-refractivity contribution is 0.642.